The average molecular weight is 317 g/mol. The minimum Gasteiger partial charge on any atom is -0.302 e. The Hall–Kier alpha value is -0.680. The highest BCUT2D eigenvalue weighted by Crippen LogP contribution is 2.51. The summed E-state index contributed by atoms with van der Waals surface area (Å²) >= 11 is 15.1. The molecular weight excluding hydrogens is 311 g/mol. The van der Waals surface area contributed by atoms with Crippen LogP contribution in [0.1, 0.15) is 32.7 Å². The molecule has 2 heterocycles. The van der Waals surface area contributed by atoms with Crippen molar-refractivity contribution in [3.8, 4) is 0 Å². The number of fused-ring (bicyclic) bond motifs is 2. The van der Waals surface area contributed by atoms with Gasteiger partial charge >= 0.3 is 0 Å². The smallest absolute Gasteiger partial charge is 0.132 e. The SMILES string of the molecule is O=CC1c2scc(Cl)c2C(C=O)c2scc(Cl)c21. The second-order valence-electron chi connectivity index (χ2n) is 3.95. The number of hydrogen-bond donors (Lipinski definition) is 0. The molecule has 2 aromatic rings. The molecule has 2 unspecified atom stereocenters. The van der Waals surface area contributed by atoms with Crippen molar-refractivity contribution >= 4 is 58.4 Å². The predicted molar refractivity (Wildman–Crippen MR) is 74.5 cm³/mol. The van der Waals surface area contributed by atoms with Crippen molar-refractivity contribution in [3.05, 3.63) is 41.7 Å². The standard InChI is InChI=1S/C12H6Cl2O2S2/c13-7-3-18-12-6(2-16)10-8(14)4-17-11(10)5(1-15)9(7)12/h1-6H. The first-order valence-corrected chi connectivity index (χ1v) is 7.64. The minimum atomic E-state index is -0.401. The Balaban J connectivity index is 2.34. The van der Waals surface area contributed by atoms with E-state index in [0.717, 1.165) is 33.5 Å². The summed E-state index contributed by atoms with van der Waals surface area (Å²) in [6.45, 7) is 0. The van der Waals surface area contributed by atoms with Crippen LogP contribution in [0.4, 0.5) is 0 Å². The molecule has 0 aromatic carbocycles. The first-order chi connectivity index (χ1) is 8.69. The highest BCUT2D eigenvalue weighted by Gasteiger charge is 2.37. The summed E-state index contributed by atoms with van der Waals surface area (Å²) in [5, 5.41) is 4.64. The number of carbonyl (C=O) groups is 2. The maximum atomic E-state index is 11.4. The molecule has 0 saturated heterocycles. The molecular formula is C12H6Cl2O2S2. The maximum absolute atomic E-state index is 11.4. The van der Waals surface area contributed by atoms with Crippen LogP contribution in [-0.2, 0) is 9.59 Å². The van der Waals surface area contributed by atoms with Crippen LogP contribution in [-0.4, -0.2) is 12.6 Å². The van der Waals surface area contributed by atoms with Crippen LogP contribution in [0.25, 0.3) is 0 Å². The van der Waals surface area contributed by atoms with Gasteiger partial charge in [-0.05, 0) is 0 Å². The van der Waals surface area contributed by atoms with Gasteiger partial charge in [0, 0.05) is 31.6 Å². The number of hydrogen-bond acceptors (Lipinski definition) is 4. The fourth-order valence-corrected chi connectivity index (χ4v) is 5.23. The van der Waals surface area contributed by atoms with Crippen molar-refractivity contribution in [2.24, 2.45) is 0 Å². The minimum absolute atomic E-state index is 0.401. The topological polar surface area (TPSA) is 34.1 Å². The largest absolute Gasteiger partial charge is 0.302 e. The quantitative estimate of drug-likeness (QED) is 0.782. The third-order valence-electron chi connectivity index (χ3n) is 3.08. The number of halogens is 2. The van der Waals surface area contributed by atoms with Gasteiger partial charge in [0.05, 0.1) is 21.9 Å². The molecule has 2 nitrogen and oxygen atoms in total. The van der Waals surface area contributed by atoms with E-state index in [1.165, 1.54) is 22.7 Å². The molecule has 1 aliphatic carbocycles. The first-order valence-electron chi connectivity index (χ1n) is 5.13. The lowest BCUT2D eigenvalue weighted by molar-refractivity contribution is -0.109. The van der Waals surface area contributed by atoms with E-state index in [2.05, 4.69) is 0 Å². The molecule has 0 fully saturated rings. The molecule has 0 saturated carbocycles. The van der Waals surface area contributed by atoms with E-state index in [1.807, 2.05) is 0 Å². The Kier molecular flexibility index (Phi) is 3.06. The molecule has 3 rings (SSSR count). The lowest BCUT2D eigenvalue weighted by atomic mass is 9.83. The van der Waals surface area contributed by atoms with Crippen molar-refractivity contribution in [2.45, 2.75) is 11.8 Å². The van der Waals surface area contributed by atoms with Gasteiger partial charge in [0.1, 0.15) is 12.6 Å². The predicted octanol–water partition coefficient (Wildman–Crippen LogP) is 4.09. The summed E-state index contributed by atoms with van der Waals surface area (Å²) in [6, 6.07) is 0. The molecule has 0 amide bonds. The van der Waals surface area contributed by atoms with Crippen molar-refractivity contribution in [3.63, 3.8) is 0 Å². The summed E-state index contributed by atoms with van der Waals surface area (Å²) in [5.41, 5.74) is 1.53. The second-order valence-corrected chi connectivity index (χ2v) is 6.59. The highest BCUT2D eigenvalue weighted by molar-refractivity contribution is 7.12. The van der Waals surface area contributed by atoms with Crippen LogP contribution in [0.2, 0.25) is 10.0 Å². The molecule has 0 aliphatic heterocycles. The molecule has 2 aromatic heterocycles. The molecule has 6 heteroatoms. The van der Waals surface area contributed by atoms with E-state index in [9.17, 15) is 9.59 Å². The van der Waals surface area contributed by atoms with Gasteiger partial charge in [-0.25, -0.2) is 0 Å². The molecule has 0 radical (unpaired) electrons. The van der Waals surface area contributed by atoms with E-state index in [-0.39, 0.29) is 0 Å². The molecule has 92 valence electrons. The normalized spacial score (nSPS) is 21.2. The van der Waals surface area contributed by atoms with Crippen LogP contribution in [0.5, 0.6) is 0 Å². The maximum Gasteiger partial charge on any atom is 0.132 e. The van der Waals surface area contributed by atoms with Crippen LogP contribution >= 0.6 is 45.9 Å². The van der Waals surface area contributed by atoms with E-state index in [0.29, 0.717) is 10.0 Å². The third kappa shape index (κ3) is 1.53. The Labute approximate surface area is 121 Å². The van der Waals surface area contributed by atoms with Crippen molar-refractivity contribution in [1.82, 2.24) is 0 Å². The van der Waals surface area contributed by atoms with Gasteiger partial charge in [0.15, 0.2) is 0 Å². The van der Waals surface area contributed by atoms with Gasteiger partial charge in [0.2, 0.25) is 0 Å². The molecule has 0 spiro atoms. The second kappa shape index (κ2) is 4.46. The zero-order valence-corrected chi connectivity index (χ0v) is 12.0. The lowest BCUT2D eigenvalue weighted by Crippen LogP contribution is -2.16. The molecule has 18 heavy (non-hydrogen) atoms. The average Bonchev–Trinajstić information content (AvgIpc) is 2.93. The van der Waals surface area contributed by atoms with Crippen LogP contribution in [0.3, 0.4) is 0 Å². The van der Waals surface area contributed by atoms with Gasteiger partial charge in [-0.1, -0.05) is 23.2 Å². The Morgan fingerprint density at radius 2 is 1.28 bits per heavy atom. The van der Waals surface area contributed by atoms with E-state index >= 15 is 0 Å². The van der Waals surface area contributed by atoms with Crippen LogP contribution in [0.15, 0.2) is 10.8 Å². The fraction of sp³-hybridized carbons (Fsp3) is 0.167. The molecule has 2 atom stereocenters. The Morgan fingerprint density at radius 1 is 0.889 bits per heavy atom. The van der Waals surface area contributed by atoms with Gasteiger partial charge in [-0.15, -0.1) is 22.7 Å². The monoisotopic (exact) mass is 316 g/mol. The number of carbonyl (C=O) groups excluding carboxylic acids is 2. The van der Waals surface area contributed by atoms with Crippen LogP contribution in [0, 0.1) is 0 Å². The number of aldehydes is 2. The summed E-state index contributed by atoms with van der Waals surface area (Å²) in [4.78, 5) is 24.4. The third-order valence-corrected chi connectivity index (χ3v) is 6.13. The Bertz CT molecular complexity index is 588. The first kappa shape index (κ1) is 12.4. The summed E-state index contributed by atoms with van der Waals surface area (Å²) in [7, 11) is 0. The van der Waals surface area contributed by atoms with Crippen LogP contribution < -0.4 is 0 Å². The summed E-state index contributed by atoms with van der Waals surface area (Å²) in [5.74, 6) is -0.801. The highest BCUT2D eigenvalue weighted by atomic mass is 35.5. The lowest BCUT2D eigenvalue weighted by Gasteiger charge is -2.23. The number of thiophene rings is 2. The van der Waals surface area contributed by atoms with Crippen molar-refractivity contribution < 1.29 is 9.59 Å². The van der Waals surface area contributed by atoms with E-state index in [1.54, 1.807) is 10.8 Å². The van der Waals surface area contributed by atoms with E-state index < -0.39 is 11.8 Å². The molecule has 1 aliphatic rings. The van der Waals surface area contributed by atoms with Crippen molar-refractivity contribution in [2.75, 3.05) is 0 Å². The van der Waals surface area contributed by atoms with Gasteiger partial charge in [0.25, 0.3) is 0 Å². The zero-order valence-electron chi connectivity index (χ0n) is 8.85. The fourth-order valence-electron chi connectivity index (χ4n) is 2.33. The molecule has 0 bridgehead atoms. The zero-order chi connectivity index (χ0) is 12.9. The van der Waals surface area contributed by atoms with Gasteiger partial charge in [-0.2, -0.15) is 0 Å². The van der Waals surface area contributed by atoms with Crippen molar-refractivity contribution in [1.29, 1.82) is 0 Å². The summed E-state index contributed by atoms with van der Waals surface area (Å²) in [6.07, 6.45) is 1.73. The van der Waals surface area contributed by atoms with Gasteiger partial charge in [-0.3, -0.25) is 0 Å². The van der Waals surface area contributed by atoms with E-state index in [4.69, 9.17) is 23.2 Å². The van der Waals surface area contributed by atoms with Gasteiger partial charge < -0.3 is 9.59 Å². The Morgan fingerprint density at radius 3 is 1.61 bits per heavy atom. The molecule has 0 N–H and O–H groups in total. The number of rotatable bonds is 2. The summed E-state index contributed by atoms with van der Waals surface area (Å²) < 4.78 is 0.